The summed E-state index contributed by atoms with van der Waals surface area (Å²) in [5, 5.41) is 5.89. The number of carbonyl (C=O) groups excluding carboxylic acids is 1. The molecule has 24 heavy (non-hydrogen) atoms. The number of hydrogen-bond acceptors (Lipinski definition) is 5. The molecule has 0 heterocycles. The lowest BCUT2D eigenvalue weighted by Gasteiger charge is -2.12. The SMILES string of the molecule is CCC(C)NS(=O)(=O)c1ccc(C(=O)NCCNCCOC)cc1. The van der Waals surface area contributed by atoms with E-state index in [0.29, 0.717) is 31.7 Å². The molecule has 0 saturated heterocycles. The van der Waals surface area contributed by atoms with Crippen molar-refractivity contribution in [2.75, 3.05) is 33.4 Å². The van der Waals surface area contributed by atoms with Gasteiger partial charge in [0.05, 0.1) is 11.5 Å². The lowest BCUT2D eigenvalue weighted by Crippen LogP contribution is -2.33. The van der Waals surface area contributed by atoms with Gasteiger partial charge in [-0.3, -0.25) is 4.79 Å². The third kappa shape index (κ3) is 6.96. The highest BCUT2D eigenvalue weighted by atomic mass is 32.2. The van der Waals surface area contributed by atoms with Crippen LogP contribution in [0.1, 0.15) is 30.6 Å². The first-order valence-electron chi connectivity index (χ1n) is 8.01. The van der Waals surface area contributed by atoms with E-state index in [1.54, 1.807) is 14.0 Å². The molecule has 0 aromatic heterocycles. The molecular formula is C16H27N3O4S. The van der Waals surface area contributed by atoms with Gasteiger partial charge in [-0.2, -0.15) is 0 Å². The zero-order chi connectivity index (χ0) is 18.0. The number of sulfonamides is 1. The average Bonchev–Trinajstić information content (AvgIpc) is 2.57. The fourth-order valence-electron chi connectivity index (χ4n) is 1.87. The van der Waals surface area contributed by atoms with Crippen molar-refractivity contribution < 1.29 is 17.9 Å². The van der Waals surface area contributed by atoms with Gasteiger partial charge < -0.3 is 15.4 Å². The maximum Gasteiger partial charge on any atom is 0.251 e. The van der Waals surface area contributed by atoms with Crippen molar-refractivity contribution in [1.29, 1.82) is 0 Å². The van der Waals surface area contributed by atoms with Gasteiger partial charge in [0.15, 0.2) is 0 Å². The second-order valence-corrected chi connectivity index (χ2v) is 7.17. The Hall–Kier alpha value is -1.48. The molecule has 8 heteroatoms. The van der Waals surface area contributed by atoms with Crippen molar-refractivity contribution in [1.82, 2.24) is 15.4 Å². The van der Waals surface area contributed by atoms with E-state index in [-0.39, 0.29) is 16.8 Å². The average molecular weight is 357 g/mol. The predicted molar refractivity (Wildman–Crippen MR) is 93.6 cm³/mol. The monoisotopic (exact) mass is 357 g/mol. The van der Waals surface area contributed by atoms with Crippen LogP contribution in [0.5, 0.6) is 0 Å². The van der Waals surface area contributed by atoms with Gasteiger partial charge in [-0.1, -0.05) is 6.92 Å². The van der Waals surface area contributed by atoms with Gasteiger partial charge in [0.1, 0.15) is 0 Å². The van der Waals surface area contributed by atoms with Crippen LogP contribution >= 0.6 is 0 Å². The number of methoxy groups -OCH3 is 1. The molecule has 0 aliphatic carbocycles. The van der Waals surface area contributed by atoms with Crippen molar-refractivity contribution in [3.05, 3.63) is 29.8 Å². The minimum atomic E-state index is -3.55. The van der Waals surface area contributed by atoms with Crippen molar-refractivity contribution in [3.8, 4) is 0 Å². The predicted octanol–water partition coefficient (Wildman–Crippen LogP) is 0.729. The standard InChI is InChI=1S/C16H27N3O4S/c1-4-13(2)19-24(21,22)15-7-5-14(6-8-15)16(20)18-10-9-17-11-12-23-3/h5-8,13,17,19H,4,9-12H2,1-3H3,(H,18,20). The minimum absolute atomic E-state index is 0.136. The fourth-order valence-corrected chi connectivity index (χ4v) is 3.19. The number of carbonyl (C=O) groups is 1. The largest absolute Gasteiger partial charge is 0.383 e. The third-order valence-electron chi connectivity index (χ3n) is 3.47. The highest BCUT2D eigenvalue weighted by molar-refractivity contribution is 7.89. The van der Waals surface area contributed by atoms with Gasteiger partial charge in [0.25, 0.3) is 5.91 Å². The van der Waals surface area contributed by atoms with Crippen molar-refractivity contribution >= 4 is 15.9 Å². The third-order valence-corrected chi connectivity index (χ3v) is 5.07. The molecule has 0 aliphatic heterocycles. The zero-order valence-electron chi connectivity index (χ0n) is 14.5. The lowest BCUT2D eigenvalue weighted by atomic mass is 10.2. The van der Waals surface area contributed by atoms with Gasteiger partial charge in [0.2, 0.25) is 10.0 Å². The minimum Gasteiger partial charge on any atom is -0.383 e. The summed E-state index contributed by atoms with van der Waals surface area (Å²) in [6.45, 7) is 6.18. The van der Waals surface area contributed by atoms with E-state index in [1.165, 1.54) is 24.3 Å². The van der Waals surface area contributed by atoms with Crippen molar-refractivity contribution in [2.45, 2.75) is 31.2 Å². The Morgan fingerprint density at radius 1 is 1.17 bits per heavy atom. The van der Waals surface area contributed by atoms with Crippen molar-refractivity contribution in [2.24, 2.45) is 0 Å². The normalized spacial score (nSPS) is 12.8. The Labute approximate surface area is 144 Å². The molecule has 0 saturated carbocycles. The van der Waals surface area contributed by atoms with Crippen LogP contribution in [0, 0.1) is 0 Å². The molecule has 0 radical (unpaired) electrons. The van der Waals surface area contributed by atoms with Crippen molar-refractivity contribution in [3.63, 3.8) is 0 Å². The molecular weight excluding hydrogens is 330 g/mol. The Morgan fingerprint density at radius 3 is 2.42 bits per heavy atom. The molecule has 136 valence electrons. The second-order valence-electron chi connectivity index (χ2n) is 5.45. The van der Waals surface area contributed by atoms with Gasteiger partial charge in [-0.15, -0.1) is 0 Å². The second kappa shape index (κ2) is 10.4. The van der Waals surface area contributed by atoms with Crippen LogP contribution in [0.2, 0.25) is 0 Å². The Morgan fingerprint density at radius 2 is 1.83 bits per heavy atom. The number of benzene rings is 1. The van der Waals surface area contributed by atoms with E-state index in [0.717, 1.165) is 6.54 Å². The van der Waals surface area contributed by atoms with Gasteiger partial charge in [-0.25, -0.2) is 13.1 Å². The van der Waals surface area contributed by atoms with Crippen LogP contribution in [-0.4, -0.2) is 53.7 Å². The molecule has 1 rings (SSSR count). The summed E-state index contributed by atoms with van der Waals surface area (Å²) >= 11 is 0. The molecule has 0 aliphatic rings. The maximum atomic E-state index is 12.1. The molecule has 0 spiro atoms. The summed E-state index contributed by atoms with van der Waals surface area (Å²) in [6, 6.07) is 5.77. The number of ether oxygens (including phenoxy) is 1. The summed E-state index contributed by atoms with van der Waals surface area (Å²) in [4.78, 5) is 12.1. The van der Waals surface area contributed by atoms with E-state index in [2.05, 4.69) is 15.4 Å². The summed E-state index contributed by atoms with van der Waals surface area (Å²) in [6.07, 6.45) is 0.706. The zero-order valence-corrected chi connectivity index (χ0v) is 15.3. The van der Waals surface area contributed by atoms with Gasteiger partial charge in [-0.05, 0) is 37.6 Å². The smallest absolute Gasteiger partial charge is 0.251 e. The summed E-state index contributed by atoms with van der Waals surface area (Å²) in [7, 11) is -1.92. The number of nitrogens with one attached hydrogen (secondary N) is 3. The Balaban J connectivity index is 2.53. The molecule has 0 fully saturated rings. The van der Waals surface area contributed by atoms with Crippen LogP contribution < -0.4 is 15.4 Å². The summed E-state index contributed by atoms with van der Waals surface area (Å²) < 4.78 is 31.8. The molecule has 1 amide bonds. The van der Waals surface area contributed by atoms with Gasteiger partial charge in [0, 0.05) is 38.3 Å². The highest BCUT2D eigenvalue weighted by Gasteiger charge is 2.17. The molecule has 1 unspecified atom stereocenters. The van der Waals surface area contributed by atoms with Crippen LogP contribution in [0.3, 0.4) is 0 Å². The first-order chi connectivity index (χ1) is 11.4. The lowest BCUT2D eigenvalue weighted by molar-refractivity contribution is 0.0953. The van der Waals surface area contributed by atoms with E-state index in [4.69, 9.17) is 4.74 Å². The van der Waals surface area contributed by atoms with Crippen LogP contribution in [0.25, 0.3) is 0 Å². The van der Waals surface area contributed by atoms with E-state index in [1.807, 2.05) is 6.92 Å². The highest BCUT2D eigenvalue weighted by Crippen LogP contribution is 2.11. The number of rotatable bonds is 11. The maximum absolute atomic E-state index is 12.1. The quantitative estimate of drug-likeness (QED) is 0.507. The molecule has 0 bridgehead atoms. The molecule has 1 aromatic carbocycles. The fraction of sp³-hybridized carbons (Fsp3) is 0.562. The first kappa shape index (κ1) is 20.6. The molecule has 3 N–H and O–H groups in total. The first-order valence-corrected chi connectivity index (χ1v) is 9.49. The number of amides is 1. The topological polar surface area (TPSA) is 96.5 Å². The van der Waals surface area contributed by atoms with Crippen LogP contribution in [-0.2, 0) is 14.8 Å². The van der Waals surface area contributed by atoms with Gasteiger partial charge >= 0.3 is 0 Å². The molecule has 1 aromatic rings. The summed E-state index contributed by atoms with van der Waals surface area (Å²) in [5.41, 5.74) is 0.425. The van der Waals surface area contributed by atoms with E-state index in [9.17, 15) is 13.2 Å². The Bertz CT molecular complexity index is 602. The Kier molecular flexibility index (Phi) is 8.91. The van der Waals surface area contributed by atoms with Crippen LogP contribution in [0.15, 0.2) is 29.2 Å². The van der Waals surface area contributed by atoms with E-state index < -0.39 is 10.0 Å². The molecule has 1 atom stereocenters. The van der Waals surface area contributed by atoms with E-state index >= 15 is 0 Å². The van der Waals surface area contributed by atoms with Crippen LogP contribution in [0.4, 0.5) is 0 Å². The number of hydrogen-bond donors (Lipinski definition) is 3. The summed E-state index contributed by atoms with van der Waals surface area (Å²) in [5.74, 6) is -0.234. The molecule has 7 nitrogen and oxygen atoms in total.